The zero-order valence-electron chi connectivity index (χ0n) is 15.0. The average molecular weight is 352 g/mol. The molecule has 0 amide bonds. The number of aliphatic hydroxyl groups is 1. The molecular formula is C20H30ClNO2. The van der Waals surface area contributed by atoms with Crippen LogP contribution in [0.5, 0.6) is 5.75 Å². The van der Waals surface area contributed by atoms with E-state index < -0.39 is 5.60 Å². The molecule has 24 heavy (non-hydrogen) atoms. The smallest absolute Gasteiger partial charge is 0.120 e. The van der Waals surface area contributed by atoms with E-state index in [-0.39, 0.29) is 0 Å². The van der Waals surface area contributed by atoms with Gasteiger partial charge >= 0.3 is 0 Å². The van der Waals surface area contributed by atoms with Crippen LogP contribution >= 0.6 is 11.6 Å². The normalized spacial score (nSPS) is 26.5. The van der Waals surface area contributed by atoms with Crippen LogP contribution in [0.4, 0.5) is 0 Å². The van der Waals surface area contributed by atoms with Crippen molar-refractivity contribution in [3.05, 3.63) is 28.3 Å². The summed E-state index contributed by atoms with van der Waals surface area (Å²) in [6.45, 7) is 6.19. The van der Waals surface area contributed by atoms with Gasteiger partial charge < -0.3 is 9.84 Å². The summed E-state index contributed by atoms with van der Waals surface area (Å²) in [5, 5.41) is 11.8. The van der Waals surface area contributed by atoms with Crippen LogP contribution in [0, 0.1) is 13.8 Å². The van der Waals surface area contributed by atoms with Crippen molar-refractivity contribution in [3.63, 3.8) is 0 Å². The summed E-state index contributed by atoms with van der Waals surface area (Å²) in [6.07, 6.45) is 8.47. The SMILES string of the molecule is Cc1cc(OC[C@]2(O)CCCN(C3CCCCC3)C2)cc(C)c1Cl. The number of piperidine rings is 1. The molecule has 0 aromatic heterocycles. The third-order valence-electron chi connectivity index (χ3n) is 5.59. The van der Waals surface area contributed by atoms with Crippen LogP contribution in [-0.2, 0) is 0 Å². The predicted octanol–water partition coefficient (Wildman–Crippen LogP) is 4.50. The Morgan fingerprint density at radius 1 is 1.17 bits per heavy atom. The molecule has 3 nitrogen and oxygen atoms in total. The molecule has 0 radical (unpaired) electrons. The highest BCUT2D eigenvalue weighted by molar-refractivity contribution is 6.32. The molecule has 4 heteroatoms. The van der Waals surface area contributed by atoms with E-state index in [1.807, 2.05) is 26.0 Å². The third-order valence-corrected chi connectivity index (χ3v) is 6.19. The lowest BCUT2D eigenvalue weighted by Crippen LogP contribution is -2.54. The fourth-order valence-corrected chi connectivity index (χ4v) is 4.34. The van der Waals surface area contributed by atoms with Crippen molar-refractivity contribution in [1.29, 1.82) is 0 Å². The number of aryl methyl sites for hydroxylation is 2. The number of halogens is 1. The van der Waals surface area contributed by atoms with Crippen LogP contribution < -0.4 is 4.74 Å². The molecule has 2 fully saturated rings. The van der Waals surface area contributed by atoms with Crippen molar-refractivity contribution in [2.24, 2.45) is 0 Å². The van der Waals surface area contributed by atoms with Gasteiger partial charge in [-0.05, 0) is 69.3 Å². The van der Waals surface area contributed by atoms with Crippen molar-refractivity contribution in [1.82, 2.24) is 4.90 Å². The quantitative estimate of drug-likeness (QED) is 0.867. The van der Waals surface area contributed by atoms with E-state index in [2.05, 4.69) is 4.90 Å². The standard InChI is InChI=1S/C20H30ClNO2/c1-15-11-18(12-16(2)19(15)21)24-14-20(23)9-6-10-22(13-20)17-7-4-3-5-8-17/h11-12,17,23H,3-10,13-14H2,1-2H3/t20-/m0/s1. The van der Waals surface area contributed by atoms with E-state index in [1.165, 1.54) is 32.1 Å². The van der Waals surface area contributed by atoms with E-state index in [1.54, 1.807) is 0 Å². The van der Waals surface area contributed by atoms with Crippen LogP contribution in [0.15, 0.2) is 12.1 Å². The highest BCUT2D eigenvalue weighted by atomic mass is 35.5. The molecular weight excluding hydrogens is 322 g/mol. The molecule has 1 N–H and O–H groups in total. The van der Waals surface area contributed by atoms with E-state index in [0.717, 1.165) is 47.8 Å². The summed E-state index contributed by atoms with van der Waals surface area (Å²) in [4.78, 5) is 2.50. The minimum atomic E-state index is -0.739. The van der Waals surface area contributed by atoms with Crippen LogP contribution in [0.3, 0.4) is 0 Å². The summed E-state index contributed by atoms with van der Waals surface area (Å²) in [5.74, 6) is 0.803. The summed E-state index contributed by atoms with van der Waals surface area (Å²) in [6, 6.07) is 4.58. The van der Waals surface area contributed by atoms with Crippen molar-refractivity contribution >= 4 is 11.6 Å². The predicted molar refractivity (Wildman–Crippen MR) is 99.1 cm³/mol. The molecule has 2 aliphatic rings. The van der Waals surface area contributed by atoms with Crippen LogP contribution in [0.1, 0.15) is 56.1 Å². The van der Waals surface area contributed by atoms with E-state index in [0.29, 0.717) is 12.6 Å². The Kier molecular flexibility index (Phi) is 5.74. The molecule has 0 spiro atoms. The fraction of sp³-hybridized carbons (Fsp3) is 0.700. The summed E-state index contributed by atoms with van der Waals surface area (Å²) in [5.41, 5.74) is 1.30. The highest BCUT2D eigenvalue weighted by Crippen LogP contribution is 2.31. The lowest BCUT2D eigenvalue weighted by atomic mass is 9.88. The molecule has 1 aliphatic heterocycles. The second kappa shape index (κ2) is 7.63. The van der Waals surface area contributed by atoms with Crippen LogP contribution in [-0.4, -0.2) is 41.3 Å². The maximum absolute atomic E-state index is 11.0. The molecule has 1 aromatic rings. The zero-order valence-corrected chi connectivity index (χ0v) is 15.7. The molecule has 3 rings (SSSR count). The maximum Gasteiger partial charge on any atom is 0.120 e. The first-order valence-corrected chi connectivity index (χ1v) is 9.71. The van der Waals surface area contributed by atoms with Crippen molar-refractivity contribution in [2.45, 2.75) is 70.4 Å². The Labute approximate surface area is 150 Å². The molecule has 1 saturated heterocycles. The van der Waals surface area contributed by atoms with Gasteiger partial charge in [-0.1, -0.05) is 30.9 Å². The zero-order chi connectivity index (χ0) is 17.2. The van der Waals surface area contributed by atoms with E-state index in [4.69, 9.17) is 16.3 Å². The van der Waals surface area contributed by atoms with Crippen LogP contribution in [0.2, 0.25) is 5.02 Å². The molecule has 134 valence electrons. The van der Waals surface area contributed by atoms with Gasteiger partial charge in [-0.2, -0.15) is 0 Å². The Hall–Kier alpha value is -0.770. The van der Waals surface area contributed by atoms with Gasteiger partial charge in [-0.25, -0.2) is 0 Å². The van der Waals surface area contributed by atoms with Gasteiger partial charge in [-0.3, -0.25) is 4.90 Å². The Balaban J connectivity index is 1.61. The van der Waals surface area contributed by atoms with Gasteiger partial charge in [0.15, 0.2) is 0 Å². The average Bonchev–Trinajstić information content (AvgIpc) is 2.59. The van der Waals surface area contributed by atoms with Crippen molar-refractivity contribution in [3.8, 4) is 5.75 Å². The number of likely N-dealkylation sites (tertiary alicyclic amines) is 1. The van der Waals surface area contributed by atoms with Gasteiger partial charge in [0.1, 0.15) is 18.0 Å². The number of rotatable bonds is 4. The van der Waals surface area contributed by atoms with Gasteiger partial charge in [0.05, 0.1) is 0 Å². The van der Waals surface area contributed by atoms with Gasteiger partial charge in [0.25, 0.3) is 0 Å². The maximum atomic E-state index is 11.0. The first kappa shape index (κ1) is 18.0. The Morgan fingerprint density at radius 3 is 2.50 bits per heavy atom. The Morgan fingerprint density at radius 2 is 1.83 bits per heavy atom. The highest BCUT2D eigenvalue weighted by Gasteiger charge is 2.37. The second-order valence-electron chi connectivity index (χ2n) is 7.75. The summed E-state index contributed by atoms with van der Waals surface area (Å²) < 4.78 is 5.97. The number of hydrogen-bond donors (Lipinski definition) is 1. The van der Waals surface area contributed by atoms with Crippen molar-refractivity contribution in [2.75, 3.05) is 19.7 Å². The minimum absolute atomic E-state index is 0.358. The first-order valence-electron chi connectivity index (χ1n) is 9.33. The molecule has 1 atom stereocenters. The van der Waals surface area contributed by atoms with Gasteiger partial charge in [0.2, 0.25) is 0 Å². The largest absolute Gasteiger partial charge is 0.491 e. The monoisotopic (exact) mass is 351 g/mol. The Bertz CT molecular complexity index is 548. The minimum Gasteiger partial charge on any atom is -0.491 e. The van der Waals surface area contributed by atoms with Gasteiger partial charge in [0, 0.05) is 17.6 Å². The molecule has 1 aromatic carbocycles. The fourth-order valence-electron chi connectivity index (χ4n) is 4.23. The molecule has 0 unspecified atom stereocenters. The topological polar surface area (TPSA) is 32.7 Å². The van der Waals surface area contributed by atoms with Crippen LogP contribution in [0.25, 0.3) is 0 Å². The molecule has 1 saturated carbocycles. The number of ether oxygens (including phenoxy) is 1. The molecule has 0 bridgehead atoms. The first-order chi connectivity index (χ1) is 11.5. The number of hydrogen-bond acceptors (Lipinski definition) is 3. The lowest BCUT2D eigenvalue weighted by molar-refractivity contribution is -0.0733. The molecule has 1 heterocycles. The van der Waals surface area contributed by atoms with E-state index >= 15 is 0 Å². The molecule has 1 aliphatic carbocycles. The number of β-amino-alcohol motifs (C(OH)–C–C–N with tert-alkyl or cyclic N) is 1. The van der Waals surface area contributed by atoms with Crippen molar-refractivity contribution < 1.29 is 9.84 Å². The number of nitrogens with zero attached hydrogens (tertiary/aromatic N) is 1. The summed E-state index contributed by atoms with van der Waals surface area (Å²) in [7, 11) is 0. The third kappa shape index (κ3) is 4.25. The van der Waals surface area contributed by atoms with E-state index in [9.17, 15) is 5.11 Å². The lowest BCUT2D eigenvalue weighted by Gasteiger charge is -2.43. The second-order valence-corrected chi connectivity index (χ2v) is 8.13. The summed E-state index contributed by atoms with van der Waals surface area (Å²) >= 11 is 6.22. The number of benzene rings is 1. The van der Waals surface area contributed by atoms with Gasteiger partial charge in [-0.15, -0.1) is 0 Å².